The lowest BCUT2D eigenvalue weighted by molar-refractivity contribution is -0.384. The van der Waals surface area contributed by atoms with Gasteiger partial charge in [-0.25, -0.2) is 0 Å². The van der Waals surface area contributed by atoms with Crippen LogP contribution in [-0.4, -0.2) is 12.0 Å². The first kappa shape index (κ1) is 15.3. The predicted octanol–water partition coefficient (Wildman–Crippen LogP) is 4.28. The topological polar surface area (TPSA) is 46.4 Å². The van der Waals surface area contributed by atoms with E-state index in [1.807, 2.05) is 49.2 Å². The molecule has 110 valence electrons. The molecule has 0 fully saturated rings. The number of halogens is 1. The van der Waals surface area contributed by atoms with Crippen LogP contribution in [0.1, 0.15) is 16.7 Å². The fourth-order valence-electron chi connectivity index (χ4n) is 2.17. The van der Waals surface area contributed by atoms with Gasteiger partial charge in [0, 0.05) is 25.5 Å². The van der Waals surface area contributed by atoms with Crippen LogP contribution in [0.25, 0.3) is 0 Å². The van der Waals surface area contributed by atoms with Crippen molar-refractivity contribution in [1.82, 2.24) is 0 Å². The Hall–Kier alpha value is -2.07. The van der Waals surface area contributed by atoms with Crippen LogP contribution >= 0.6 is 11.6 Å². The highest BCUT2D eigenvalue weighted by Crippen LogP contribution is 2.30. The maximum absolute atomic E-state index is 11.2. The van der Waals surface area contributed by atoms with E-state index in [-0.39, 0.29) is 16.5 Å². The molecule has 0 bridgehead atoms. The molecule has 0 amide bonds. The lowest BCUT2D eigenvalue weighted by Gasteiger charge is -2.19. The number of nitro benzene ring substituents is 1. The van der Waals surface area contributed by atoms with Crippen LogP contribution in [-0.2, 0) is 12.4 Å². The highest BCUT2D eigenvalue weighted by Gasteiger charge is 2.17. The lowest BCUT2D eigenvalue weighted by atomic mass is 10.1. The minimum Gasteiger partial charge on any atom is -0.365 e. The van der Waals surface area contributed by atoms with Gasteiger partial charge in [-0.05, 0) is 24.1 Å². The minimum absolute atomic E-state index is 0.0859. The maximum atomic E-state index is 11.2. The Labute approximate surface area is 129 Å². The standard InChI is InChI=1S/C16H17ClN2O2/c1-12-3-5-13(6-4-12)11-18(2)15-8-7-14(10-17)9-16(15)19(20)21/h3-9H,10-11H2,1-2H3. The Balaban J connectivity index is 2.27. The largest absolute Gasteiger partial charge is 0.365 e. The number of aryl methyl sites for hydroxylation is 1. The fourth-order valence-corrected chi connectivity index (χ4v) is 2.34. The first-order valence-electron chi connectivity index (χ1n) is 6.61. The molecule has 0 aromatic heterocycles. The van der Waals surface area contributed by atoms with Gasteiger partial charge in [0.1, 0.15) is 5.69 Å². The number of nitrogens with zero attached hydrogens (tertiary/aromatic N) is 2. The second-order valence-corrected chi connectivity index (χ2v) is 5.32. The van der Waals surface area contributed by atoms with Crippen molar-refractivity contribution in [2.24, 2.45) is 0 Å². The second-order valence-electron chi connectivity index (χ2n) is 5.06. The molecule has 0 aliphatic rings. The van der Waals surface area contributed by atoms with Gasteiger partial charge in [-0.15, -0.1) is 11.6 Å². The van der Waals surface area contributed by atoms with Crippen LogP contribution in [0.3, 0.4) is 0 Å². The minimum atomic E-state index is -0.364. The van der Waals surface area contributed by atoms with Gasteiger partial charge in [0.2, 0.25) is 0 Å². The van der Waals surface area contributed by atoms with E-state index in [1.54, 1.807) is 6.07 Å². The third-order valence-corrected chi connectivity index (χ3v) is 3.65. The van der Waals surface area contributed by atoms with Crippen LogP contribution in [0.15, 0.2) is 42.5 Å². The summed E-state index contributed by atoms with van der Waals surface area (Å²) in [4.78, 5) is 12.7. The normalized spacial score (nSPS) is 10.4. The van der Waals surface area contributed by atoms with Crippen LogP contribution in [0.2, 0.25) is 0 Å². The number of nitro groups is 1. The van der Waals surface area contributed by atoms with E-state index >= 15 is 0 Å². The van der Waals surface area contributed by atoms with Crippen LogP contribution in [0.5, 0.6) is 0 Å². The molecule has 0 saturated heterocycles. The maximum Gasteiger partial charge on any atom is 0.292 e. The summed E-state index contributed by atoms with van der Waals surface area (Å²) in [7, 11) is 1.85. The number of rotatable bonds is 5. The monoisotopic (exact) mass is 304 g/mol. The zero-order valence-corrected chi connectivity index (χ0v) is 12.8. The Kier molecular flexibility index (Phi) is 4.81. The zero-order valence-electron chi connectivity index (χ0n) is 12.0. The molecule has 0 saturated carbocycles. The summed E-state index contributed by atoms with van der Waals surface area (Å²) in [6, 6.07) is 13.2. The summed E-state index contributed by atoms with van der Waals surface area (Å²) in [5, 5.41) is 11.2. The Morgan fingerprint density at radius 1 is 1.14 bits per heavy atom. The third-order valence-electron chi connectivity index (χ3n) is 3.34. The van der Waals surface area contributed by atoms with Crippen molar-refractivity contribution in [3.05, 3.63) is 69.3 Å². The number of alkyl halides is 1. The van der Waals surface area contributed by atoms with E-state index in [4.69, 9.17) is 11.6 Å². The number of hydrogen-bond acceptors (Lipinski definition) is 3. The molecule has 0 radical (unpaired) electrons. The molecule has 0 spiro atoms. The Morgan fingerprint density at radius 2 is 1.76 bits per heavy atom. The molecular formula is C16H17ClN2O2. The molecule has 2 rings (SSSR count). The Bertz CT molecular complexity index is 641. The molecule has 0 aliphatic heterocycles. The molecule has 0 N–H and O–H groups in total. The average molecular weight is 305 g/mol. The first-order chi connectivity index (χ1) is 10.0. The van der Waals surface area contributed by atoms with Crippen molar-refractivity contribution >= 4 is 23.0 Å². The molecule has 0 aliphatic carbocycles. The van der Waals surface area contributed by atoms with Gasteiger partial charge in [-0.1, -0.05) is 35.9 Å². The van der Waals surface area contributed by atoms with E-state index < -0.39 is 0 Å². The van der Waals surface area contributed by atoms with Crippen molar-refractivity contribution < 1.29 is 4.92 Å². The van der Waals surface area contributed by atoms with Crippen molar-refractivity contribution in [2.75, 3.05) is 11.9 Å². The average Bonchev–Trinajstić information content (AvgIpc) is 2.48. The number of hydrogen-bond donors (Lipinski definition) is 0. The summed E-state index contributed by atoms with van der Waals surface area (Å²) in [6.45, 7) is 2.64. The molecule has 21 heavy (non-hydrogen) atoms. The lowest BCUT2D eigenvalue weighted by Crippen LogP contribution is -2.17. The highest BCUT2D eigenvalue weighted by atomic mass is 35.5. The summed E-state index contributed by atoms with van der Waals surface area (Å²) in [6.07, 6.45) is 0. The van der Waals surface area contributed by atoms with Crippen molar-refractivity contribution in [2.45, 2.75) is 19.3 Å². The smallest absolute Gasteiger partial charge is 0.292 e. The molecule has 4 nitrogen and oxygen atoms in total. The number of benzene rings is 2. The molecule has 2 aromatic carbocycles. The highest BCUT2D eigenvalue weighted by molar-refractivity contribution is 6.17. The Morgan fingerprint density at radius 3 is 2.33 bits per heavy atom. The van der Waals surface area contributed by atoms with E-state index in [9.17, 15) is 10.1 Å². The van der Waals surface area contributed by atoms with Crippen LogP contribution in [0.4, 0.5) is 11.4 Å². The number of anilines is 1. The van der Waals surface area contributed by atoms with Gasteiger partial charge in [-0.2, -0.15) is 0 Å². The third kappa shape index (κ3) is 3.73. The van der Waals surface area contributed by atoms with Gasteiger partial charge in [0.05, 0.1) is 4.92 Å². The predicted molar refractivity (Wildman–Crippen MR) is 85.9 cm³/mol. The van der Waals surface area contributed by atoms with Gasteiger partial charge in [0.15, 0.2) is 0 Å². The van der Waals surface area contributed by atoms with Gasteiger partial charge in [-0.3, -0.25) is 10.1 Å². The zero-order chi connectivity index (χ0) is 15.4. The summed E-state index contributed by atoms with van der Waals surface area (Å²) in [5.41, 5.74) is 3.73. The quantitative estimate of drug-likeness (QED) is 0.470. The second kappa shape index (κ2) is 6.59. The first-order valence-corrected chi connectivity index (χ1v) is 7.14. The van der Waals surface area contributed by atoms with Crippen molar-refractivity contribution in [3.8, 4) is 0 Å². The van der Waals surface area contributed by atoms with E-state index in [2.05, 4.69) is 0 Å². The summed E-state index contributed by atoms with van der Waals surface area (Å²) < 4.78 is 0. The molecule has 0 heterocycles. The van der Waals surface area contributed by atoms with Gasteiger partial charge < -0.3 is 4.90 Å². The fraction of sp³-hybridized carbons (Fsp3) is 0.250. The molecule has 0 atom stereocenters. The summed E-state index contributed by atoms with van der Waals surface area (Å²) >= 11 is 5.74. The molecule has 2 aromatic rings. The molecular weight excluding hydrogens is 288 g/mol. The van der Waals surface area contributed by atoms with Crippen molar-refractivity contribution in [3.63, 3.8) is 0 Å². The van der Waals surface area contributed by atoms with Crippen LogP contribution < -0.4 is 4.90 Å². The summed E-state index contributed by atoms with van der Waals surface area (Å²) in [5.74, 6) is 0.267. The van der Waals surface area contributed by atoms with Gasteiger partial charge in [0.25, 0.3) is 5.69 Å². The van der Waals surface area contributed by atoms with E-state index in [0.717, 1.165) is 11.1 Å². The molecule has 0 unspecified atom stereocenters. The van der Waals surface area contributed by atoms with E-state index in [1.165, 1.54) is 11.6 Å². The SMILES string of the molecule is Cc1ccc(CN(C)c2ccc(CCl)cc2[N+](=O)[O-])cc1. The van der Waals surface area contributed by atoms with Crippen molar-refractivity contribution in [1.29, 1.82) is 0 Å². The van der Waals surface area contributed by atoms with Gasteiger partial charge >= 0.3 is 0 Å². The van der Waals surface area contributed by atoms with Crippen LogP contribution in [0, 0.1) is 17.0 Å². The molecule has 5 heteroatoms. The van der Waals surface area contributed by atoms with E-state index in [0.29, 0.717) is 12.2 Å².